The number of nitrogens with zero attached hydrogens (tertiary/aromatic N) is 2. The maximum absolute atomic E-state index is 12.5. The van der Waals surface area contributed by atoms with Gasteiger partial charge < -0.3 is 15.2 Å². The van der Waals surface area contributed by atoms with Crippen molar-refractivity contribution in [2.45, 2.75) is 45.6 Å². The first-order valence-electron chi connectivity index (χ1n) is 6.51. The molecule has 1 amide bonds. The Hall–Kier alpha value is -1.36. The summed E-state index contributed by atoms with van der Waals surface area (Å²) >= 11 is 0. The minimum absolute atomic E-state index is 0.00704. The highest BCUT2D eigenvalue weighted by atomic mass is 16.5. The molecule has 1 aromatic rings. The van der Waals surface area contributed by atoms with Gasteiger partial charge in [0.25, 0.3) is 5.91 Å². The van der Waals surface area contributed by atoms with Gasteiger partial charge in [0, 0.05) is 25.0 Å². The molecule has 0 saturated carbocycles. The molecule has 0 radical (unpaired) electrons. The zero-order chi connectivity index (χ0) is 13.3. The van der Waals surface area contributed by atoms with Crippen molar-refractivity contribution in [3.8, 4) is 0 Å². The molecule has 1 fully saturated rings. The Balaban J connectivity index is 2.25. The van der Waals surface area contributed by atoms with Crippen molar-refractivity contribution in [1.29, 1.82) is 0 Å². The highest BCUT2D eigenvalue weighted by molar-refractivity contribution is 5.96. The highest BCUT2D eigenvalue weighted by Crippen LogP contribution is 2.24. The van der Waals surface area contributed by atoms with Crippen LogP contribution < -0.4 is 5.73 Å². The van der Waals surface area contributed by atoms with Gasteiger partial charge in [-0.3, -0.25) is 4.79 Å². The fourth-order valence-electron chi connectivity index (χ4n) is 2.39. The molecule has 2 heterocycles. The van der Waals surface area contributed by atoms with Gasteiger partial charge in [-0.05, 0) is 19.8 Å². The molecule has 1 unspecified atom stereocenters. The molecule has 1 saturated heterocycles. The van der Waals surface area contributed by atoms with Crippen LogP contribution in [0.3, 0.4) is 0 Å². The molecule has 0 spiro atoms. The number of hydrogen-bond donors (Lipinski definition) is 1. The SMILES string of the molecule is Cc1noc(C(C)C)c1C(=O)N1CCCC(N)C1. The van der Waals surface area contributed by atoms with Gasteiger partial charge in [-0.2, -0.15) is 0 Å². The minimum atomic E-state index is 0.00704. The number of nitrogens with two attached hydrogens (primary N) is 1. The fraction of sp³-hybridized carbons (Fsp3) is 0.692. The third-order valence-corrected chi connectivity index (χ3v) is 3.37. The van der Waals surface area contributed by atoms with Crippen LogP contribution in [0.1, 0.15) is 54.4 Å². The van der Waals surface area contributed by atoms with Crippen molar-refractivity contribution in [1.82, 2.24) is 10.1 Å². The topological polar surface area (TPSA) is 72.4 Å². The standard InChI is InChI=1S/C13H21N3O2/c1-8(2)12-11(9(3)15-18-12)13(17)16-6-4-5-10(14)7-16/h8,10H,4-7,14H2,1-3H3. The average molecular weight is 251 g/mol. The maximum atomic E-state index is 12.5. The number of carbonyl (C=O) groups is 1. The zero-order valence-corrected chi connectivity index (χ0v) is 11.3. The number of amides is 1. The van der Waals surface area contributed by atoms with Crippen LogP contribution in [0.2, 0.25) is 0 Å². The molecular formula is C13H21N3O2. The third kappa shape index (κ3) is 2.41. The van der Waals surface area contributed by atoms with E-state index in [4.69, 9.17) is 10.3 Å². The highest BCUT2D eigenvalue weighted by Gasteiger charge is 2.29. The molecule has 0 aromatic carbocycles. The van der Waals surface area contributed by atoms with Gasteiger partial charge in [0.1, 0.15) is 5.56 Å². The lowest BCUT2D eigenvalue weighted by atomic mass is 10.0. The molecule has 1 aliphatic heterocycles. The molecular weight excluding hydrogens is 230 g/mol. The summed E-state index contributed by atoms with van der Waals surface area (Å²) in [6.45, 7) is 7.21. The summed E-state index contributed by atoms with van der Waals surface area (Å²) in [5.74, 6) is 0.841. The second-order valence-corrected chi connectivity index (χ2v) is 5.32. The number of piperidine rings is 1. The molecule has 1 atom stereocenters. The Labute approximate surface area is 107 Å². The second-order valence-electron chi connectivity index (χ2n) is 5.32. The molecule has 18 heavy (non-hydrogen) atoms. The van der Waals surface area contributed by atoms with Crippen LogP contribution in [-0.2, 0) is 0 Å². The summed E-state index contributed by atoms with van der Waals surface area (Å²) in [6, 6.07) is 0.0883. The summed E-state index contributed by atoms with van der Waals surface area (Å²) < 4.78 is 5.27. The van der Waals surface area contributed by atoms with Gasteiger partial charge in [-0.25, -0.2) is 0 Å². The lowest BCUT2D eigenvalue weighted by molar-refractivity contribution is 0.0705. The second kappa shape index (κ2) is 5.10. The van der Waals surface area contributed by atoms with Gasteiger partial charge in [0.05, 0.1) is 5.69 Å². The van der Waals surface area contributed by atoms with E-state index in [1.165, 1.54) is 0 Å². The van der Waals surface area contributed by atoms with Crippen LogP contribution in [-0.4, -0.2) is 35.1 Å². The van der Waals surface area contributed by atoms with E-state index in [2.05, 4.69) is 5.16 Å². The molecule has 0 bridgehead atoms. The molecule has 5 nitrogen and oxygen atoms in total. The van der Waals surface area contributed by atoms with Gasteiger partial charge in [0.15, 0.2) is 5.76 Å². The van der Waals surface area contributed by atoms with Gasteiger partial charge >= 0.3 is 0 Å². The van der Waals surface area contributed by atoms with Gasteiger partial charge in [0.2, 0.25) is 0 Å². The fourth-order valence-corrected chi connectivity index (χ4v) is 2.39. The van der Waals surface area contributed by atoms with Crippen LogP contribution >= 0.6 is 0 Å². The summed E-state index contributed by atoms with van der Waals surface area (Å²) in [5, 5.41) is 3.92. The smallest absolute Gasteiger partial charge is 0.259 e. The molecule has 5 heteroatoms. The number of rotatable bonds is 2. The Morgan fingerprint density at radius 2 is 2.28 bits per heavy atom. The number of aromatic nitrogens is 1. The Morgan fingerprint density at radius 3 is 2.89 bits per heavy atom. The quantitative estimate of drug-likeness (QED) is 0.867. The normalized spacial score (nSPS) is 20.5. The number of aryl methyl sites for hydroxylation is 1. The average Bonchev–Trinajstić information content (AvgIpc) is 2.70. The summed E-state index contributed by atoms with van der Waals surface area (Å²) in [6.07, 6.45) is 1.96. The van der Waals surface area contributed by atoms with Crippen LogP contribution in [0, 0.1) is 6.92 Å². The van der Waals surface area contributed by atoms with Crippen molar-refractivity contribution in [3.05, 3.63) is 17.0 Å². The summed E-state index contributed by atoms with van der Waals surface area (Å²) in [4.78, 5) is 14.3. The predicted molar refractivity (Wildman–Crippen MR) is 68.4 cm³/mol. The first-order chi connectivity index (χ1) is 8.50. The van der Waals surface area contributed by atoms with Gasteiger partial charge in [-0.15, -0.1) is 0 Å². The predicted octanol–water partition coefficient (Wildman–Crippen LogP) is 1.67. The van der Waals surface area contributed by atoms with Crippen LogP contribution in [0.5, 0.6) is 0 Å². The molecule has 0 aliphatic carbocycles. The maximum Gasteiger partial charge on any atom is 0.259 e. The van der Waals surface area contributed by atoms with Crippen molar-refractivity contribution in [2.75, 3.05) is 13.1 Å². The first kappa shape index (κ1) is 13.1. The van der Waals surface area contributed by atoms with Crippen molar-refractivity contribution < 1.29 is 9.32 Å². The van der Waals surface area contributed by atoms with E-state index >= 15 is 0 Å². The van der Waals surface area contributed by atoms with E-state index in [0.717, 1.165) is 19.4 Å². The first-order valence-corrected chi connectivity index (χ1v) is 6.51. The third-order valence-electron chi connectivity index (χ3n) is 3.37. The van der Waals surface area contributed by atoms with Crippen LogP contribution in [0.15, 0.2) is 4.52 Å². The number of likely N-dealkylation sites (tertiary alicyclic amines) is 1. The summed E-state index contributed by atoms with van der Waals surface area (Å²) in [5.41, 5.74) is 7.21. The molecule has 1 aliphatic rings. The van der Waals surface area contributed by atoms with Gasteiger partial charge in [-0.1, -0.05) is 19.0 Å². The summed E-state index contributed by atoms with van der Waals surface area (Å²) in [7, 11) is 0. The minimum Gasteiger partial charge on any atom is -0.360 e. The Bertz CT molecular complexity index is 439. The largest absolute Gasteiger partial charge is 0.360 e. The molecule has 2 N–H and O–H groups in total. The zero-order valence-electron chi connectivity index (χ0n) is 11.3. The number of hydrogen-bond acceptors (Lipinski definition) is 4. The lowest BCUT2D eigenvalue weighted by Crippen LogP contribution is -2.46. The van der Waals surface area contributed by atoms with Crippen molar-refractivity contribution in [3.63, 3.8) is 0 Å². The monoisotopic (exact) mass is 251 g/mol. The van der Waals surface area contributed by atoms with E-state index in [1.807, 2.05) is 25.7 Å². The van der Waals surface area contributed by atoms with Crippen LogP contribution in [0.4, 0.5) is 0 Å². The molecule has 100 valence electrons. The van der Waals surface area contributed by atoms with E-state index in [-0.39, 0.29) is 17.9 Å². The lowest BCUT2D eigenvalue weighted by Gasteiger charge is -2.30. The molecule has 2 rings (SSSR count). The Morgan fingerprint density at radius 1 is 1.56 bits per heavy atom. The van der Waals surface area contributed by atoms with Crippen LogP contribution in [0.25, 0.3) is 0 Å². The van der Waals surface area contributed by atoms with E-state index in [9.17, 15) is 4.79 Å². The van der Waals surface area contributed by atoms with E-state index in [1.54, 1.807) is 0 Å². The van der Waals surface area contributed by atoms with Crippen molar-refractivity contribution >= 4 is 5.91 Å². The van der Waals surface area contributed by atoms with Crippen molar-refractivity contribution in [2.24, 2.45) is 5.73 Å². The molecule has 1 aromatic heterocycles. The van der Waals surface area contributed by atoms with E-state index < -0.39 is 0 Å². The van der Waals surface area contributed by atoms with E-state index in [0.29, 0.717) is 23.6 Å². The number of carbonyl (C=O) groups excluding carboxylic acids is 1. The Kier molecular flexibility index (Phi) is 3.71.